The highest BCUT2D eigenvalue weighted by molar-refractivity contribution is 5.94. The van der Waals surface area contributed by atoms with Gasteiger partial charge in [-0.15, -0.1) is 0 Å². The van der Waals surface area contributed by atoms with Gasteiger partial charge in [0.2, 0.25) is 0 Å². The van der Waals surface area contributed by atoms with E-state index in [1.807, 2.05) is 6.07 Å². The Bertz CT molecular complexity index is 593. The number of benzene rings is 1. The average Bonchev–Trinajstić information content (AvgIpc) is 2.50. The van der Waals surface area contributed by atoms with E-state index < -0.39 is 0 Å². The van der Waals surface area contributed by atoms with Gasteiger partial charge in [0.15, 0.2) is 0 Å². The fraction of sp³-hybridized carbons (Fsp3) is 0.412. The molecule has 0 aliphatic heterocycles. The lowest BCUT2D eigenvalue weighted by Crippen LogP contribution is -2.01. The van der Waals surface area contributed by atoms with Crippen LogP contribution in [0, 0.1) is 0 Å². The summed E-state index contributed by atoms with van der Waals surface area (Å²) in [6.07, 6.45) is 5.94. The fourth-order valence-electron chi connectivity index (χ4n) is 2.28. The van der Waals surface area contributed by atoms with Crippen LogP contribution in [-0.4, -0.2) is 18.1 Å². The highest BCUT2D eigenvalue weighted by Gasteiger charge is 2.07. The number of hydrogen-bond donors (Lipinski definition) is 0. The van der Waals surface area contributed by atoms with Crippen molar-refractivity contribution in [1.29, 1.82) is 0 Å². The summed E-state index contributed by atoms with van der Waals surface area (Å²) in [5.41, 5.74) is 2.51. The Labute approximate surface area is 120 Å². The molecule has 0 unspecified atom stereocenters. The number of carbonyl (C=O) groups excluding carboxylic acids is 1. The maximum atomic E-state index is 11.5. The third kappa shape index (κ3) is 3.56. The summed E-state index contributed by atoms with van der Waals surface area (Å²) in [6, 6.07) is 9.63. The van der Waals surface area contributed by atoms with Crippen molar-refractivity contribution < 1.29 is 9.53 Å². The third-order valence-corrected chi connectivity index (χ3v) is 3.46. The normalized spacial score (nSPS) is 10.7. The molecule has 3 nitrogen and oxygen atoms in total. The summed E-state index contributed by atoms with van der Waals surface area (Å²) in [6.45, 7) is 2.21. The van der Waals surface area contributed by atoms with Gasteiger partial charge >= 0.3 is 5.97 Å². The molecule has 1 heterocycles. The number of aryl methyl sites for hydroxylation is 1. The van der Waals surface area contributed by atoms with Gasteiger partial charge in [-0.05, 0) is 31.0 Å². The molecule has 2 aromatic rings. The number of pyridine rings is 1. The molecule has 20 heavy (non-hydrogen) atoms. The number of methoxy groups -OCH3 is 1. The summed E-state index contributed by atoms with van der Waals surface area (Å²) in [5.74, 6) is -0.318. The van der Waals surface area contributed by atoms with Crippen molar-refractivity contribution in [2.24, 2.45) is 0 Å². The summed E-state index contributed by atoms with van der Waals surface area (Å²) >= 11 is 0. The van der Waals surface area contributed by atoms with E-state index in [4.69, 9.17) is 4.74 Å². The second kappa shape index (κ2) is 7.04. The van der Waals surface area contributed by atoms with E-state index in [1.54, 1.807) is 12.1 Å². The van der Waals surface area contributed by atoms with Gasteiger partial charge in [0.1, 0.15) is 0 Å². The maximum absolute atomic E-state index is 11.5. The van der Waals surface area contributed by atoms with E-state index in [0.717, 1.165) is 23.0 Å². The van der Waals surface area contributed by atoms with Gasteiger partial charge in [0.05, 0.1) is 18.2 Å². The van der Waals surface area contributed by atoms with Crippen LogP contribution in [0.2, 0.25) is 0 Å². The van der Waals surface area contributed by atoms with Crippen LogP contribution in [0.1, 0.15) is 48.7 Å². The van der Waals surface area contributed by atoms with E-state index in [2.05, 4.69) is 24.0 Å². The molecule has 0 aliphatic rings. The SMILES string of the molecule is CCCCCCc1ccc2ccc(C(=O)OC)cc2n1. The zero-order chi connectivity index (χ0) is 14.4. The van der Waals surface area contributed by atoms with Crippen molar-refractivity contribution in [2.75, 3.05) is 7.11 Å². The van der Waals surface area contributed by atoms with Crippen molar-refractivity contribution in [3.05, 3.63) is 41.6 Å². The molecule has 3 heteroatoms. The van der Waals surface area contributed by atoms with Crippen LogP contribution >= 0.6 is 0 Å². The predicted molar refractivity (Wildman–Crippen MR) is 80.9 cm³/mol. The molecule has 0 N–H and O–H groups in total. The second-order valence-corrected chi connectivity index (χ2v) is 5.01. The first-order valence-corrected chi connectivity index (χ1v) is 7.22. The molecule has 0 aliphatic carbocycles. The number of rotatable bonds is 6. The first-order chi connectivity index (χ1) is 9.74. The predicted octanol–water partition coefficient (Wildman–Crippen LogP) is 4.14. The number of esters is 1. The highest BCUT2D eigenvalue weighted by atomic mass is 16.5. The lowest BCUT2D eigenvalue weighted by atomic mass is 10.1. The van der Waals surface area contributed by atoms with Crippen molar-refractivity contribution in [3.63, 3.8) is 0 Å². The fourth-order valence-corrected chi connectivity index (χ4v) is 2.28. The monoisotopic (exact) mass is 271 g/mol. The van der Waals surface area contributed by atoms with Gasteiger partial charge in [-0.25, -0.2) is 4.79 Å². The molecule has 2 rings (SSSR count). The molecular formula is C17H21NO2. The molecular weight excluding hydrogens is 250 g/mol. The number of carbonyl (C=O) groups is 1. The average molecular weight is 271 g/mol. The number of nitrogens with zero attached hydrogens (tertiary/aromatic N) is 1. The molecule has 106 valence electrons. The van der Waals surface area contributed by atoms with Crippen molar-refractivity contribution in [1.82, 2.24) is 4.98 Å². The summed E-state index contributed by atoms with van der Waals surface area (Å²) in [4.78, 5) is 16.2. The van der Waals surface area contributed by atoms with Crippen molar-refractivity contribution in [2.45, 2.75) is 39.0 Å². The van der Waals surface area contributed by atoms with Gasteiger partial charge in [0, 0.05) is 11.1 Å². The van der Waals surface area contributed by atoms with E-state index in [1.165, 1.54) is 32.8 Å². The summed E-state index contributed by atoms with van der Waals surface area (Å²) in [5, 5.41) is 1.05. The van der Waals surface area contributed by atoms with Crippen LogP contribution in [-0.2, 0) is 11.2 Å². The summed E-state index contributed by atoms with van der Waals surface area (Å²) in [7, 11) is 1.39. The molecule has 0 bridgehead atoms. The Kier molecular flexibility index (Phi) is 5.10. The lowest BCUT2D eigenvalue weighted by molar-refractivity contribution is 0.0601. The number of ether oxygens (including phenoxy) is 1. The summed E-state index contributed by atoms with van der Waals surface area (Å²) < 4.78 is 4.74. The Morgan fingerprint density at radius 3 is 2.70 bits per heavy atom. The maximum Gasteiger partial charge on any atom is 0.337 e. The molecule has 0 saturated carbocycles. The minimum Gasteiger partial charge on any atom is -0.465 e. The van der Waals surface area contributed by atoms with E-state index in [9.17, 15) is 4.79 Å². The molecule has 0 fully saturated rings. The zero-order valence-electron chi connectivity index (χ0n) is 12.2. The molecule has 0 atom stereocenters. The van der Waals surface area contributed by atoms with Gasteiger partial charge in [-0.2, -0.15) is 0 Å². The molecule has 1 aromatic carbocycles. The van der Waals surface area contributed by atoms with Gasteiger partial charge in [0.25, 0.3) is 0 Å². The van der Waals surface area contributed by atoms with Crippen LogP contribution < -0.4 is 0 Å². The topological polar surface area (TPSA) is 39.2 Å². The molecule has 0 spiro atoms. The second-order valence-electron chi connectivity index (χ2n) is 5.01. The molecule has 0 saturated heterocycles. The smallest absolute Gasteiger partial charge is 0.337 e. The third-order valence-electron chi connectivity index (χ3n) is 3.46. The Balaban J connectivity index is 2.16. The highest BCUT2D eigenvalue weighted by Crippen LogP contribution is 2.16. The van der Waals surface area contributed by atoms with Crippen molar-refractivity contribution >= 4 is 16.9 Å². The zero-order valence-corrected chi connectivity index (χ0v) is 12.2. The van der Waals surface area contributed by atoms with Crippen LogP contribution in [0.5, 0.6) is 0 Å². The quantitative estimate of drug-likeness (QED) is 0.585. The van der Waals surface area contributed by atoms with Crippen LogP contribution in [0.4, 0.5) is 0 Å². The molecule has 1 aromatic heterocycles. The number of hydrogen-bond acceptors (Lipinski definition) is 3. The minimum atomic E-state index is -0.318. The van der Waals surface area contributed by atoms with Crippen LogP contribution in [0.3, 0.4) is 0 Å². The van der Waals surface area contributed by atoms with E-state index in [0.29, 0.717) is 5.56 Å². The Morgan fingerprint density at radius 1 is 1.15 bits per heavy atom. The first kappa shape index (κ1) is 14.5. The van der Waals surface area contributed by atoms with Crippen LogP contribution in [0.25, 0.3) is 10.9 Å². The Hall–Kier alpha value is -1.90. The Morgan fingerprint density at radius 2 is 1.95 bits per heavy atom. The molecule has 0 radical (unpaired) electrons. The lowest BCUT2D eigenvalue weighted by Gasteiger charge is -2.05. The first-order valence-electron chi connectivity index (χ1n) is 7.22. The van der Waals surface area contributed by atoms with E-state index >= 15 is 0 Å². The number of fused-ring (bicyclic) bond motifs is 1. The minimum absolute atomic E-state index is 0.318. The largest absolute Gasteiger partial charge is 0.465 e. The molecule has 0 amide bonds. The van der Waals surface area contributed by atoms with Crippen LogP contribution in [0.15, 0.2) is 30.3 Å². The van der Waals surface area contributed by atoms with E-state index in [-0.39, 0.29) is 5.97 Å². The van der Waals surface area contributed by atoms with Gasteiger partial charge < -0.3 is 4.74 Å². The van der Waals surface area contributed by atoms with Gasteiger partial charge in [-0.1, -0.05) is 38.3 Å². The van der Waals surface area contributed by atoms with Crippen molar-refractivity contribution in [3.8, 4) is 0 Å². The van der Waals surface area contributed by atoms with Gasteiger partial charge in [-0.3, -0.25) is 4.98 Å². The number of aromatic nitrogens is 1. The standard InChI is InChI=1S/C17H21NO2/c1-3-4-5-6-7-15-11-10-13-8-9-14(17(19)20-2)12-16(13)18-15/h8-12H,3-7H2,1-2H3. The number of unbranched alkanes of at least 4 members (excludes halogenated alkanes) is 3.